The van der Waals surface area contributed by atoms with Crippen molar-refractivity contribution in [3.8, 4) is 17.1 Å². The van der Waals surface area contributed by atoms with Crippen LogP contribution in [0.3, 0.4) is 0 Å². The molecule has 7 nitrogen and oxygen atoms in total. The number of halogens is 2. The van der Waals surface area contributed by atoms with Crippen LogP contribution in [0.1, 0.15) is 81.1 Å². The molecule has 0 radical (unpaired) electrons. The van der Waals surface area contributed by atoms with Gasteiger partial charge in [-0.05, 0) is 65.2 Å². The smallest absolute Gasteiger partial charge is 0.235 e. The quantitative estimate of drug-likeness (QED) is 0.292. The zero-order valence-electron chi connectivity index (χ0n) is 20.9. The predicted octanol–water partition coefficient (Wildman–Crippen LogP) is 7.13. The molecule has 0 spiro atoms. The third kappa shape index (κ3) is 4.44. The maximum absolute atomic E-state index is 6.75. The van der Waals surface area contributed by atoms with Crippen molar-refractivity contribution >= 4 is 23.2 Å². The van der Waals surface area contributed by atoms with Crippen LogP contribution in [0.4, 0.5) is 0 Å². The van der Waals surface area contributed by atoms with Crippen LogP contribution in [-0.2, 0) is 17.9 Å². The molecule has 0 amide bonds. The van der Waals surface area contributed by atoms with E-state index in [1.54, 1.807) is 12.4 Å². The minimum absolute atomic E-state index is 0.108. The number of pyridine rings is 1. The van der Waals surface area contributed by atoms with Crippen molar-refractivity contribution in [2.45, 2.75) is 89.9 Å². The minimum atomic E-state index is -0.108. The molecule has 192 valence electrons. The third-order valence-electron chi connectivity index (χ3n) is 8.45. The Labute approximate surface area is 221 Å². The van der Waals surface area contributed by atoms with E-state index in [4.69, 9.17) is 37.2 Å². The fraction of sp³-hybridized carbons (Fsp3) is 0.593. The number of ether oxygens (including phenoxy) is 2. The van der Waals surface area contributed by atoms with Crippen LogP contribution in [0.5, 0.6) is 5.88 Å². The highest BCUT2D eigenvalue weighted by molar-refractivity contribution is 6.38. The van der Waals surface area contributed by atoms with Gasteiger partial charge < -0.3 is 14.0 Å². The molecule has 9 heteroatoms. The highest BCUT2D eigenvalue weighted by Gasteiger charge is 2.50. The van der Waals surface area contributed by atoms with Crippen LogP contribution in [0.2, 0.25) is 10.0 Å². The van der Waals surface area contributed by atoms with Gasteiger partial charge >= 0.3 is 0 Å². The number of rotatable bonds is 9. The van der Waals surface area contributed by atoms with E-state index < -0.39 is 0 Å². The van der Waals surface area contributed by atoms with Gasteiger partial charge in [0.05, 0.1) is 28.9 Å². The number of aromatic nitrogens is 4. The Bertz CT molecular complexity index is 1220. The van der Waals surface area contributed by atoms with Gasteiger partial charge in [0.25, 0.3) is 0 Å². The summed E-state index contributed by atoms with van der Waals surface area (Å²) in [4.78, 5) is 4.09. The fourth-order valence-corrected chi connectivity index (χ4v) is 6.42. The Morgan fingerprint density at radius 1 is 1.08 bits per heavy atom. The molecule has 7 rings (SSSR count). The Morgan fingerprint density at radius 2 is 1.78 bits per heavy atom. The standard InChI is InChI=1S/C27H32Cl2N4O3/c1-3-33-14-17(2)25(31-33)34-16-26-6-9-27(10-7-26,11-8-26)35-15-19-23(32-36-24(19)18-4-5-18)22-20(28)12-30-13-21(22)29/h12-14,18H,3-11,15-16H2,1-2H3. The molecule has 0 atom stereocenters. The summed E-state index contributed by atoms with van der Waals surface area (Å²) >= 11 is 12.9. The molecular weight excluding hydrogens is 499 g/mol. The lowest BCUT2D eigenvalue weighted by Gasteiger charge is -2.52. The molecule has 4 aliphatic carbocycles. The summed E-state index contributed by atoms with van der Waals surface area (Å²) in [6.45, 7) is 6.19. The van der Waals surface area contributed by atoms with Gasteiger partial charge in [0.15, 0.2) is 0 Å². The maximum atomic E-state index is 6.75. The number of fused-ring (bicyclic) bond motifs is 3. The fourth-order valence-electron chi connectivity index (χ4n) is 5.88. The first-order valence-electron chi connectivity index (χ1n) is 13.0. The highest BCUT2D eigenvalue weighted by atomic mass is 35.5. The summed E-state index contributed by atoms with van der Waals surface area (Å²) in [6.07, 6.45) is 13.9. The van der Waals surface area contributed by atoms with Crippen molar-refractivity contribution in [3.63, 3.8) is 0 Å². The van der Waals surface area contributed by atoms with Crippen molar-refractivity contribution in [2.75, 3.05) is 6.61 Å². The molecule has 2 bridgehead atoms. The number of aryl methyl sites for hydroxylation is 2. The van der Waals surface area contributed by atoms with Crippen molar-refractivity contribution in [1.29, 1.82) is 0 Å². The van der Waals surface area contributed by atoms with Gasteiger partial charge in [-0.1, -0.05) is 28.4 Å². The predicted molar refractivity (Wildman–Crippen MR) is 138 cm³/mol. The number of nitrogens with zero attached hydrogens (tertiary/aromatic N) is 4. The highest BCUT2D eigenvalue weighted by Crippen LogP contribution is 2.55. The Morgan fingerprint density at radius 3 is 2.39 bits per heavy atom. The Hall–Kier alpha value is -2.09. The van der Waals surface area contributed by atoms with Crippen LogP contribution in [0, 0.1) is 12.3 Å². The summed E-state index contributed by atoms with van der Waals surface area (Å²) < 4.78 is 20.7. The van der Waals surface area contributed by atoms with Crippen molar-refractivity contribution < 1.29 is 14.0 Å². The monoisotopic (exact) mass is 530 g/mol. The van der Waals surface area contributed by atoms with E-state index in [9.17, 15) is 0 Å². The molecule has 0 aliphatic heterocycles. The first-order chi connectivity index (χ1) is 17.4. The first kappa shape index (κ1) is 24.3. The van der Waals surface area contributed by atoms with E-state index in [0.717, 1.165) is 87.3 Å². The third-order valence-corrected chi connectivity index (χ3v) is 9.02. The van der Waals surface area contributed by atoms with E-state index in [0.29, 0.717) is 33.8 Å². The second kappa shape index (κ2) is 9.34. The van der Waals surface area contributed by atoms with E-state index in [1.165, 1.54) is 0 Å². The Kier molecular flexibility index (Phi) is 6.29. The summed E-state index contributed by atoms with van der Waals surface area (Å²) in [7, 11) is 0. The molecule has 3 aromatic rings. The minimum Gasteiger partial charge on any atom is -0.476 e. The van der Waals surface area contributed by atoms with Gasteiger partial charge in [-0.25, -0.2) is 0 Å². The lowest BCUT2D eigenvalue weighted by Crippen LogP contribution is -2.49. The first-order valence-corrected chi connectivity index (χ1v) is 13.8. The summed E-state index contributed by atoms with van der Waals surface area (Å²) in [5.74, 6) is 2.09. The summed E-state index contributed by atoms with van der Waals surface area (Å²) in [5.41, 5.74) is 3.54. The molecule has 4 saturated carbocycles. The van der Waals surface area contributed by atoms with Gasteiger partial charge in [-0.15, -0.1) is 5.10 Å². The van der Waals surface area contributed by atoms with E-state index >= 15 is 0 Å². The maximum Gasteiger partial charge on any atom is 0.235 e. The molecule has 3 heterocycles. The zero-order chi connectivity index (χ0) is 24.9. The van der Waals surface area contributed by atoms with Crippen LogP contribution < -0.4 is 4.74 Å². The normalized spacial score (nSPS) is 25.4. The molecule has 4 fully saturated rings. The van der Waals surface area contributed by atoms with Crippen molar-refractivity contribution in [2.24, 2.45) is 5.41 Å². The van der Waals surface area contributed by atoms with Crippen LogP contribution in [-0.4, -0.2) is 32.1 Å². The van der Waals surface area contributed by atoms with Gasteiger partial charge in [0.1, 0.15) is 11.5 Å². The number of hydrogen-bond acceptors (Lipinski definition) is 6. The molecule has 0 aromatic carbocycles. The van der Waals surface area contributed by atoms with Gasteiger partial charge in [0.2, 0.25) is 5.88 Å². The second-order valence-electron chi connectivity index (χ2n) is 10.9. The Balaban J connectivity index is 1.15. The number of hydrogen-bond donors (Lipinski definition) is 0. The molecule has 0 unspecified atom stereocenters. The topological polar surface area (TPSA) is 75.2 Å². The molecule has 36 heavy (non-hydrogen) atoms. The van der Waals surface area contributed by atoms with Crippen LogP contribution >= 0.6 is 23.2 Å². The van der Waals surface area contributed by atoms with Gasteiger partial charge in [-0.2, -0.15) is 0 Å². The molecule has 3 aromatic heterocycles. The molecular formula is C27H32Cl2N4O3. The lowest BCUT2D eigenvalue weighted by atomic mass is 9.59. The SMILES string of the molecule is CCn1cc(C)c(OCC23CCC(OCc4c(-c5c(Cl)cncc5Cl)noc4C4CC4)(CC2)CC3)n1. The average Bonchev–Trinajstić information content (AvgIpc) is 3.55. The van der Waals surface area contributed by atoms with E-state index in [2.05, 4.69) is 35.3 Å². The van der Waals surface area contributed by atoms with Gasteiger partial charge in [0, 0.05) is 53.2 Å². The lowest BCUT2D eigenvalue weighted by molar-refractivity contribution is -0.150. The van der Waals surface area contributed by atoms with E-state index in [1.807, 2.05) is 4.68 Å². The van der Waals surface area contributed by atoms with Crippen molar-refractivity contribution in [1.82, 2.24) is 19.9 Å². The zero-order valence-corrected chi connectivity index (χ0v) is 22.4. The molecule has 4 aliphatic rings. The van der Waals surface area contributed by atoms with Gasteiger partial charge in [-0.3, -0.25) is 9.67 Å². The molecule has 0 saturated heterocycles. The largest absolute Gasteiger partial charge is 0.476 e. The van der Waals surface area contributed by atoms with Crippen molar-refractivity contribution in [3.05, 3.63) is 45.5 Å². The van der Waals surface area contributed by atoms with Crippen LogP contribution in [0.25, 0.3) is 11.3 Å². The summed E-state index contributed by atoms with van der Waals surface area (Å²) in [5, 5.41) is 9.90. The molecule has 0 N–H and O–H groups in total. The summed E-state index contributed by atoms with van der Waals surface area (Å²) in [6, 6.07) is 0. The van der Waals surface area contributed by atoms with Crippen LogP contribution in [0.15, 0.2) is 23.1 Å². The van der Waals surface area contributed by atoms with E-state index in [-0.39, 0.29) is 11.0 Å². The second-order valence-corrected chi connectivity index (χ2v) is 11.7. The average molecular weight is 531 g/mol.